The molecule has 27 heavy (non-hydrogen) atoms. The number of aliphatic hydroxyl groups is 1. The Hall–Kier alpha value is -1.63. The predicted molar refractivity (Wildman–Crippen MR) is 101 cm³/mol. The molecule has 3 N–H and O–H groups in total. The van der Waals surface area contributed by atoms with E-state index in [0.717, 1.165) is 0 Å². The average molecular weight is 389 g/mol. The van der Waals surface area contributed by atoms with Gasteiger partial charge in [-0.3, -0.25) is 9.59 Å². The number of hydrogen-bond acceptors (Lipinski definition) is 5. The van der Waals surface area contributed by atoms with Crippen LogP contribution in [0.3, 0.4) is 0 Å². The van der Waals surface area contributed by atoms with Crippen LogP contribution in [0.4, 0.5) is 0 Å². The van der Waals surface area contributed by atoms with Crippen molar-refractivity contribution in [1.29, 1.82) is 0 Å². The van der Waals surface area contributed by atoms with Crippen LogP contribution >= 0.6 is 0 Å². The lowest BCUT2D eigenvalue weighted by Gasteiger charge is -2.45. The molecule has 0 aliphatic carbocycles. The van der Waals surface area contributed by atoms with E-state index in [1.807, 2.05) is 20.8 Å². The standard InChI is InChI=1S/C20H36O7/c1-5-9-12-15(16(21)22)20(26,17(23)24)19(13-10-6-2,14-11-7-3)18(25)27-8-4/h15,26H,5-14H2,1-4H3,(H,21,22)(H,23,24). The summed E-state index contributed by atoms with van der Waals surface area (Å²) in [5.41, 5.74) is -4.53. The fourth-order valence-electron chi connectivity index (χ4n) is 3.70. The van der Waals surface area contributed by atoms with Gasteiger partial charge in [-0.15, -0.1) is 0 Å². The third kappa shape index (κ3) is 5.67. The molecular formula is C20H36O7. The van der Waals surface area contributed by atoms with Crippen LogP contribution in [0.15, 0.2) is 0 Å². The summed E-state index contributed by atoms with van der Waals surface area (Å²) in [5.74, 6) is -5.49. The lowest BCUT2D eigenvalue weighted by atomic mass is 9.59. The molecule has 0 amide bonds. The van der Waals surface area contributed by atoms with Gasteiger partial charge in [0.2, 0.25) is 0 Å². The molecule has 2 unspecified atom stereocenters. The number of carbonyl (C=O) groups excluding carboxylic acids is 1. The lowest BCUT2D eigenvalue weighted by molar-refractivity contribution is -0.210. The van der Waals surface area contributed by atoms with Gasteiger partial charge in [-0.05, 0) is 26.2 Å². The Bertz CT molecular complexity index is 481. The number of unbranched alkanes of at least 4 members (excludes halogenated alkanes) is 3. The van der Waals surface area contributed by atoms with Crippen molar-refractivity contribution in [2.24, 2.45) is 11.3 Å². The van der Waals surface area contributed by atoms with E-state index in [1.165, 1.54) is 0 Å². The number of aliphatic carboxylic acids is 2. The first-order valence-electron chi connectivity index (χ1n) is 10.0. The molecule has 0 heterocycles. The summed E-state index contributed by atoms with van der Waals surface area (Å²) < 4.78 is 5.18. The third-order valence-electron chi connectivity index (χ3n) is 5.28. The average Bonchev–Trinajstić information content (AvgIpc) is 2.61. The Balaban J connectivity index is 6.57. The van der Waals surface area contributed by atoms with E-state index in [9.17, 15) is 29.7 Å². The van der Waals surface area contributed by atoms with Crippen molar-refractivity contribution in [2.45, 2.75) is 91.1 Å². The molecule has 0 saturated carbocycles. The second-order valence-electron chi connectivity index (χ2n) is 7.11. The summed E-state index contributed by atoms with van der Waals surface area (Å²) in [6.07, 6.45) is 3.53. The van der Waals surface area contributed by atoms with E-state index in [4.69, 9.17) is 4.74 Å². The maximum atomic E-state index is 13.0. The topological polar surface area (TPSA) is 121 Å². The van der Waals surface area contributed by atoms with Crippen molar-refractivity contribution in [3.8, 4) is 0 Å². The van der Waals surface area contributed by atoms with Gasteiger partial charge in [0.05, 0.1) is 12.5 Å². The fraction of sp³-hybridized carbons (Fsp3) is 0.850. The number of rotatable bonds is 15. The zero-order valence-electron chi connectivity index (χ0n) is 17.1. The Kier molecular flexibility index (Phi) is 11.2. The molecule has 0 aromatic rings. The highest BCUT2D eigenvalue weighted by Gasteiger charge is 2.65. The first-order valence-corrected chi connectivity index (χ1v) is 10.0. The first-order chi connectivity index (χ1) is 12.7. The largest absolute Gasteiger partial charge is 0.481 e. The zero-order valence-corrected chi connectivity index (χ0v) is 17.1. The van der Waals surface area contributed by atoms with E-state index < -0.39 is 34.8 Å². The van der Waals surface area contributed by atoms with Gasteiger partial charge in [0.25, 0.3) is 0 Å². The van der Waals surface area contributed by atoms with Crippen molar-refractivity contribution < 1.29 is 34.4 Å². The van der Waals surface area contributed by atoms with Crippen LogP contribution in [0.2, 0.25) is 0 Å². The highest BCUT2D eigenvalue weighted by Crippen LogP contribution is 2.48. The second kappa shape index (κ2) is 12.0. The van der Waals surface area contributed by atoms with Gasteiger partial charge in [-0.2, -0.15) is 0 Å². The van der Waals surface area contributed by atoms with E-state index in [0.29, 0.717) is 38.5 Å². The van der Waals surface area contributed by atoms with Crippen molar-refractivity contribution in [1.82, 2.24) is 0 Å². The van der Waals surface area contributed by atoms with Crippen LogP contribution in [0.1, 0.15) is 85.5 Å². The lowest BCUT2D eigenvalue weighted by Crippen LogP contribution is -2.64. The number of carboxylic acids is 2. The summed E-state index contributed by atoms with van der Waals surface area (Å²) in [5, 5.41) is 31.1. The molecule has 2 atom stereocenters. The molecule has 0 aromatic carbocycles. The molecule has 7 nitrogen and oxygen atoms in total. The molecule has 0 radical (unpaired) electrons. The smallest absolute Gasteiger partial charge is 0.337 e. The second-order valence-corrected chi connectivity index (χ2v) is 7.11. The third-order valence-corrected chi connectivity index (χ3v) is 5.28. The minimum absolute atomic E-state index is 0.0198. The van der Waals surface area contributed by atoms with Gasteiger partial charge in [0.15, 0.2) is 5.60 Å². The van der Waals surface area contributed by atoms with E-state index >= 15 is 0 Å². The minimum Gasteiger partial charge on any atom is -0.481 e. The van der Waals surface area contributed by atoms with Crippen LogP contribution < -0.4 is 0 Å². The van der Waals surface area contributed by atoms with Gasteiger partial charge in [0.1, 0.15) is 5.41 Å². The van der Waals surface area contributed by atoms with Gasteiger partial charge in [-0.1, -0.05) is 59.3 Å². The maximum absolute atomic E-state index is 13.0. The van der Waals surface area contributed by atoms with Crippen LogP contribution in [-0.2, 0) is 19.1 Å². The van der Waals surface area contributed by atoms with Crippen LogP contribution in [0, 0.1) is 11.3 Å². The van der Waals surface area contributed by atoms with Crippen molar-refractivity contribution in [2.75, 3.05) is 6.61 Å². The Morgan fingerprint density at radius 1 is 0.889 bits per heavy atom. The summed E-state index contributed by atoms with van der Waals surface area (Å²) in [7, 11) is 0. The molecule has 0 saturated heterocycles. The Labute approximate surface area is 162 Å². The highest BCUT2D eigenvalue weighted by atomic mass is 16.5. The number of ether oxygens (including phenoxy) is 1. The molecular weight excluding hydrogens is 352 g/mol. The SMILES string of the molecule is CCCCC(C(=O)O)C(O)(C(=O)O)C(CCCC)(CCCC)C(=O)OCC. The van der Waals surface area contributed by atoms with E-state index in [2.05, 4.69) is 0 Å². The number of hydrogen-bond donors (Lipinski definition) is 3. The van der Waals surface area contributed by atoms with Gasteiger partial charge in [-0.25, -0.2) is 4.79 Å². The summed E-state index contributed by atoms with van der Waals surface area (Å²) in [6, 6.07) is 0. The molecule has 0 bridgehead atoms. The summed E-state index contributed by atoms with van der Waals surface area (Å²) >= 11 is 0. The Morgan fingerprint density at radius 3 is 1.70 bits per heavy atom. The Morgan fingerprint density at radius 2 is 1.37 bits per heavy atom. The van der Waals surface area contributed by atoms with Crippen molar-refractivity contribution in [3.63, 3.8) is 0 Å². The van der Waals surface area contributed by atoms with E-state index in [-0.39, 0.29) is 25.9 Å². The zero-order chi connectivity index (χ0) is 21.1. The molecule has 0 aliphatic heterocycles. The minimum atomic E-state index is -2.73. The molecule has 0 spiro atoms. The normalized spacial score (nSPS) is 15.0. The van der Waals surface area contributed by atoms with Crippen LogP contribution in [0.5, 0.6) is 0 Å². The first kappa shape index (κ1) is 25.4. The summed E-state index contributed by atoms with van der Waals surface area (Å²) in [6.45, 7) is 7.27. The van der Waals surface area contributed by atoms with Gasteiger partial charge < -0.3 is 20.1 Å². The van der Waals surface area contributed by atoms with Crippen molar-refractivity contribution >= 4 is 17.9 Å². The molecule has 158 valence electrons. The van der Waals surface area contributed by atoms with Gasteiger partial charge in [0, 0.05) is 0 Å². The van der Waals surface area contributed by atoms with Crippen molar-refractivity contribution in [3.05, 3.63) is 0 Å². The number of carboxylic acid groups (broad SMARTS) is 2. The quantitative estimate of drug-likeness (QED) is 0.366. The fourth-order valence-corrected chi connectivity index (χ4v) is 3.70. The molecule has 0 aliphatic rings. The molecule has 0 aromatic heterocycles. The predicted octanol–water partition coefficient (Wildman–Crippen LogP) is 3.62. The van der Waals surface area contributed by atoms with Crippen LogP contribution in [0.25, 0.3) is 0 Å². The number of carbonyl (C=O) groups is 3. The molecule has 0 rings (SSSR count). The molecule has 0 fully saturated rings. The van der Waals surface area contributed by atoms with Gasteiger partial charge >= 0.3 is 17.9 Å². The summed E-state index contributed by atoms with van der Waals surface area (Å²) in [4.78, 5) is 37.2. The monoisotopic (exact) mass is 388 g/mol. The maximum Gasteiger partial charge on any atom is 0.337 e. The number of esters is 1. The molecule has 7 heteroatoms. The van der Waals surface area contributed by atoms with Crippen LogP contribution in [-0.4, -0.2) is 45.4 Å². The van der Waals surface area contributed by atoms with E-state index in [1.54, 1.807) is 6.92 Å². The highest BCUT2D eigenvalue weighted by molar-refractivity contribution is 5.94.